The normalized spacial score (nSPS) is 12.1. The van der Waals surface area contributed by atoms with Crippen molar-refractivity contribution < 1.29 is 14.7 Å². The number of rotatable bonds is 7. The van der Waals surface area contributed by atoms with Crippen molar-refractivity contribution in [1.82, 2.24) is 10.3 Å². The smallest absolute Gasteiger partial charge is 0.355 e. The van der Waals surface area contributed by atoms with E-state index in [0.717, 1.165) is 12.8 Å². The van der Waals surface area contributed by atoms with E-state index in [0.29, 0.717) is 11.4 Å². The maximum atomic E-state index is 11.6. The first-order valence-corrected chi connectivity index (χ1v) is 6.63. The zero-order valence-corrected chi connectivity index (χ0v) is 11.0. The van der Waals surface area contributed by atoms with Crippen LogP contribution in [0, 0.1) is 0 Å². The fraction of sp³-hybridized carbons (Fsp3) is 0.545. The highest BCUT2D eigenvalue weighted by Gasteiger charge is 2.14. The zero-order chi connectivity index (χ0) is 13.5. The molecule has 7 heteroatoms. The lowest BCUT2D eigenvalue weighted by atomic mass is 10.1. The van der Waals surface area contributed by atoms with Crippen LogP contribution in [0.5, 0.6) is 0 Å². The molecule has 0 unspecified atom stereocenters. The monoisotopic (exact) mass is 271 g/mol. The summed E-state index contributed by atoms with van der Waals surface area (Å²) >= 11 is 1.20. The van der Waals surface area contributed by atoms with Crippen LogP contribution in [0.1, 0.15) is 41.7 Å². The van der Waals surface area contributed by atoms with Crippen LogP contribution in [0.25, 0.3) is 0 Å². The van der Waals surface area contributed by atoms with Crippen molar-refractivity contribution >= 4 is 23.2 Å². The molecule has 0 aliphatic rings. The van der Waals surface area contributed by atoms with Gasteiger partial charge in [0.2, 0.25) is 5.91 Å². The van der Waals surface area contributed by atoms with Gasteiger partial charge < -0.3 is 16.2 Å². The van der Waals surface area contributed by atoms with E-state index in [1.54, 1.807) is 0 Å². The van der Waals surface area contributed by atoms with E-state index in [2.05, 4.69) is 10.3 Å². The summed E-state index contributed by atoms with van der Waals surface area (Å²) in [6.45, 7) is 2.25. The molecular formula is C11H17N3O3S. The molecule has 0 saturated carbocycles. The van der Waals surface area contributed by atoms with E-state index in [9.17, 15) is 9.59 Å². The van der Waals surface area contributed by atoms with Gasteiger partial charge in [0.25, 0.3) is 0 Å². The molecule has 1 rings (SSSR count). The number of unbranched alkanes of at least 4 members (excludes halogenated alkanes) is 1. The van der Waals surface area contributed by atoms with Gasteiger partial charge in [-0.3, -0.25) is 4.79 Å². The molecule has 1 amide bonds. The van der Waals surface area contributed by atoms with E-state index in [1.165, 1.54) is 16.7 Å². The van der Waals surface area contributed by atoms with Crippen molar-refractivity contribution in [2.75, 3.05) is 0 Å². The van der Waals surface area contributed by atoms with E-state index >= 15 is 0 Å². The average molecular weight is 271 g/mol. The number of hydrogen-bond acceptors (Lipinski definition) is 5. The Balaban J connectivity index is 2.39. The summed E-state index contributed by atoms with van der Waals surface area (Å²) < 4.78 is 0. The number of carbonyl (C=O) groups is 2. The van der Waals surface area contributed by atoms with Crippen LogP contribution < -0.4 is 11.1 Å². The van der Waals surface area contributed by atoms with Crippen molar-refractivity contribution in [1.29, 1.82) is 0 Å². The van der Waals surface area contributed by atoms with Crippen molar-refractivity contribution in [2.45, 2.75) is 38.8 Å². The maximum absolute atomic E-state index is 11.6. The van der Waals surface area contributed by atoms with Crippen LogP contribution in [0.4, 0.5) is 0 Å². The van der Waals surface area contributed by atoms with Crippen molar-refractivity contribution in [2.24, 2.45) is 5.73 Å². The molecule has 0 radical (unpaired) electrons. The summed E-state index contributed by atoms with van der Waals surface area (Å²) in [5.74, 6) is -1.29. The predicted molar refractivity (Wildman–Crippen MR) is 68.4 cm³/mol. The van der Waals surface area contributed by atoms with Gasteiger partial charge in [0.1, 0.15) is 5.01 Å². The van der Waals surface area contributed by atoms with E-state index < -0.39 is 12.0 Å². The quantitative estimate of drug-likeness (QED) is 0.685. The SMILES string of the molecule is CCCC[C@H](N)C(=O)NCc1nc(C(=O)O)cs1. The van der Waals surface area contributed by atoms with Gasteiger partial charge in [-0.25, -0.2) is 9.78 Å². The molecule has 0 spiro atoms. The fourth-order valence-corrected chi connectivity index (χ4v) is 2.05. The van der Waals surface area contributed by atoms with Gasteiger partial charge in [0.15, 0.2) is 5.69 Å². The third-order valence-electron chi connectivity index (χ3n) is 2.39. The minimum atomic E-state index is -1.07. The van der Waals surface area contributed by atoms with Crippen LogP contribution in [-0.2, 0) is 11.3 Å². The molecule has 18 heavy (non-hydrogen) atoms. The fourth-order valence-electron chi connectivity index (χ4n) is 1.34. The highest BCUT2D eigenvalue weighted by atomic mass is 32.1. The number of carboxylic acids is 1. The standard InChI is InChI=1S/C11H17N3O3S/c1-2-3-4-7(12)10(15)13-5-9-14-8(6-18-9)11(16)17/h6-7H,2-5,12H2,1H3,(H,13,15)(H,16,17)/t7-/m0/s1. The number of carbonyl (C=O) groups excluding carboxylic acids is 1. The molecular weight excluding hydrogens is 254 g/mol. The van der Waals surface area contributed by atoms with E-state index in [-0.39, 0.29) is 18.1 Å². The summed E-state index contributed by atoms with van der Waals surface area (Å²) in [5.41, 5.74) is 5.70. The van der Waals surface area contributed by atoms with Crippen LogP contribution in [0.15, 0.2) is 5.38 Å². The van der Waals surface area contributed by atoms with Gasteiger partial charge in [0, 0.05) is 5.38 Å². The van der Waals surface area contributed by atoms with Crippen LogP contribution in [0.3, 0.4) is 0 Å². The van der Waals surface area contributed by atoms with Crippen molar-refractivity contribution in [3.05, 3.63) is 16.1 Å². The number of aromatic carboxylic acids is 1. The molecule has 4 N–H and O–H groups in total. The third-order valence-corrected chi connectivity index (χ3v) is 3.24. The predicted octanol–water partition coefficient (Wildman–Crippen LogP) is 0.975. The Kier molecular flexibility index (Phi) is 5.73. The Morgan fingerprint density at radius 2 is 2.33 bits per heavy atom. The molecule has 0 bridgehead atoms. The number of nitrogens with zero attached hydrogens (tertiary/aromatic N) is 1. The number of carboxylic acid groups (broad SMARTS) is 1. The molecule has 1 atom stereocenters. The molecule has 100 valence electrons. The molecule has 1 aromatic rings. The summed E-state index contributed by atoms with van der Waals surface area (Å²) in [6, 6.07) is -0.510. The summed E-state index contributed by atoms with van der Waals surface area (Å²) in [6.07, 6.45) is 2.56. The summed E-state index contributed by atoms with van der Waals surface area (Å²) in [5, 5.41) is 13.4. The zero-order valence-electron chi connectivity index (χ0n) is 10.2. The Morgan fingerprint density at radius 3 is 2.89 bits per heavy atom. The number of thiazole rings is 1. The molecule has 0 aliphatic heterocycles. The lowest BCUT2D eigenvalue weighted by molar-refractivity contribution is -0.122. The Labute approximate surface area is 109 Å². The first-order valence-electron chi connectivity index (χ1n) is 5.75. The molecule has 0 aliphatic carbocycles. The highest BCUT2D eigenvalue weighted by Crippen LogP contribution is 2.09. The second-order valence-corrected chi connectivity index (χ2v) is 4.84. The second-order valence-electron chi connectivity index (χ2n) is 3.90. The second kappa shape index (κ2) is 7.07. The Hall–Kier alpha value is -1.47. The van der Waals surface area contributed by atoms with Gasteiger partial charge in [0.05, 0.1) is 12.6 Å². The minimum absolute atomic E-state index is 0.000435. The first-order chi connectivity index (χ1) is 8.54. The van der Waals surface area contributed by atoms with Crippen LogP contribution in [0.2, 0.25) is 0 Å². The van der Waals surface area contributed by atoms with Crippen LogP contribution in [-0.4, -0.2) is 28.0 Å². The molecule has 1 heterocycles. The molecule has 1 aromatic heterocycles. The first kappa shape index (κ1) is 14.6. The van der Waals surface area contributed by atoms with Crippen LogP contribution >= 0.6 is 11.3 Å². The highest BCUT2D eigenvalue weighted by molar-refractivity contribution is 7.09. The number of aromatic nitrogens is 1. The summed E-state index contributed by atoms with van der Waals surface area (Å²) in [7, 11) is 0. The average Bonchev–Trinajstić information content (AvgIpc) is 2.81. The van der Waals surface area contributed by atoms with Gasteiger partial charge in [-0.05, 0) is 6.42 Å². The number of hydrogen-bond donors (Lipinski definition) is 3. The number of nitrogens with two attached hydrogens (primary N) is 1. The number of amides is 1. The lowest BCUT2D eigenvalue weighted by Crippen LogP contribution is -2.40. The van der Waals surface area contributed by atoms with Gasteiger partial charge in [-0.1, -0.05) is 19.8 Å². The van der Waals surface area contributed by atoms with Gasteiger partial charge in [-0.2, -0.15) is 0 Å². The van der Waals surface area contributed by atoms with Crippen molar-refractivity contribution in [3.8, 4) is 0 Å². The van der Waals surface area contributed by atoms with Crippen molar-refractivity contribution in [3.63, 3.8) is 0 Å². The topological polar surface area (TPSA) is 105 Å². The van der Waals surface area contributed by atoms with Gasteiger partial charge >= 0.3 is 5.97 Å². The maximum Gasteiger partial charge on any atom is 0.355 e. The number of nitrogens with one attached hydrogen (secondary N) is 1. The van der Waals surface area contributed by atoms with E-state index in [1.807, 2.05) is 6.92 Å². The minimum Gasteiger partial charge on any atom is -0.476 e. The lowest BCUT2D eigenvalue weighted by Gasteiger charge is -2.10. The molecule has 0 saturated heterocycles. The Bertz CT molecular complexity index is 419. The largest absolute Gasteiger partial charge is 0.476 e. The molecule has 0 aromatic carbocycles. The molecule has 6 nitrogen and oxygen atoms in total. The Morgan fingerprint density at radius 1 is 1.61 bits per heavy atom. The third kappa shape index (κ3) is 4.42. The van der Waals surface area contributed by atoms with E-state index in [4.69, 9.17) is 10.8 Å². The molecule has 0 fully saturated rings. The summed E-state index contributed by atoms with van der Waals surface area (Å²) in [4.78, 5) is 26.1. The van der Waals surface area contributed by atoms with Gasteiger partial charge in [-0.15, -0.1) is 11.3 Å².